The molecule has 0 saturated heterocycles. The minimum atomic E-state index is -4.94. The molecule has 0 amide bonds. The molecule has 3 aromatic rings. The Balaban J connectivity index is 0.000000527. The van der Waals surface area contributed by atoms with Crippen LogP contribution in [0, 0.1) is 15.7 Å². The van der Waals surface area contributed by atoms with Crippen molar-refractivity contribution in [2.75, 3.05) is 13.2 Å². The first-order chi connectivity index (χ1) is 16.5. The minimum absolute atomic E-state index is 0.00677. The van der Waals surface area contributed by atoms with Crippen LogP contribution >= 0.6 is 0 Å². The van der Waals surface area contributed by atoms with Gasteiger partial charge in [0.05, 0.1) is 5.41 Å². The third-order valence-corrected chi connectivity index (χ3v) is 6.98. The van der Waals surface area contributed by atoms with E-state index < -0.39 is 16.0 Å². The van der Waals surface area contributed by atoms with Crippen molar-refractivity contribution in [3.05, 3.63) is 89.5 Å². The van der Waals surface area contributed by atoms with Crippen molar-refractivity contribution < 1.29 is 42.9 Å². The topological polar surface area (TPSA) is 120 Å². The highest BCUT2D eigenvalue weighted by Crippen LogP contribution is 2.64. The Morgan fingerprint density at radius 3 is 2.00 bits per heavy atom. The highest BCUT2D eigenvalue weighted by atomic mass is 35.7. The lowest BCUT2D eigenvalue weighted by atomic mass is 9.58. The summed E-state index contributed by atoms with van der Waals surface area (Å²) in [5.41, 5.74) is 3.78. The summed E-state index contributed by atoms with van der Waals surface area (Å²) in [4.78, 5) is 0. The van der Waals surface area contributed by atoms with E-state index in [0.29, 0.717) is 13.2 Å². The Labute approximate surface area is 207 Å². The van der Waals surface area contributed by atoms with E-state index in [1.807, 2.05) is 0 Å². The van der Waals surface area contributed by atoms with Crippen molar-refractivity contribution in [2.24, 2.45) is 5.41 Å². The molecule has 0 radical (unpaired) electrons. The van der Waals surface area contributed by atoms with Crippen LogP contribution in [0.25, 0.3) is 0 Å². The maximum absolute atomic E-state index is 8.49. The molecule has 2 aliphatic heterocycles. The number of aromatic nitrogens is 2. The summed E-state index contributed by atoms with van der Waals surface area (Å²) < 4.78 is 52.0. The number of nitrogens with zero attached hydrogens (tertiary/aromatic N) is 2. The predicted molar refractivity (Wildman–Crippen MR) is 116 cm³/mol. The molecule has 0 fully saturated rings. The van der Waals surface area contributed by atoms with Crippen molar-refractivity contribution in [3.63, 3.8) is 0 Å². The summed E-state index contributed by atoms with van der Waals surface area (Å²) in [6.45, 7) is 10.8. The molecule has 2 bridgehead atoms. The van der Waals surface area contributed by atoms with Crippen LogP contribution in [0.1, 0.15) is 62.2 Å². The van der Waals surface area contributed by atoms with Gasteiger partial charge in [-0.25, -0.2) is 27.8 Å². The summed E-state index contributed by atoms with van der Waals surface area (Å²) in [5, 5.41) is 0. The second-order valence-electron chi connectivity index (χ2n) is 9.27. The third-order valence-electron chi connectivity index (χ3n) is 6.98. The van der Waals surface area contributed by atoms with E-state index in [-0.39, 0.29) is 17.4 Å². The van der Waals surface area contributed by atoms with Gasteiger partial charge in [-0.2, -0.15) is 0 Å². The van der Waals surface area contributed by atoms with E-state index >= 15 is 0 Å². The molecular weight excluding hydrogens is 472 g/mol. The van der Waals surface area contributed by atoms with Crippen molar-refractivity contribution in [2.45, 2.75) is 52.0 Å². The number of ether oxygens (including phenoxy) is 2. The standard InChI is InChI=1S/C26H31N2O2.ClHO4/c1-5-29-26(30-6-2)22-20-14-10-11-15-21(20)23(25(26,3)4)28-17-16-27(24(22)28)18-19-12-8-7-9-13-19;2-1(3,4)5/h7-17,22-23H,5-6,18H2,1-4H3;(H,2,3,4,5)/q+1;/p-1. The third kappa shape index (κ3) is 4.51. The normalized spacial score (nSPS) is 21.0. The average molecular weight is 503 g/mol. The lowest BCUT2D eigenvalue weighted by molar-refractivity contribution is -2.00. The molecule has 9 heteroatoms. The molecule has 2 aromatic carbocycles. The number of benzene rings is 2. The number of halogens is 1. The summed E-state index contributed by atoms with van der Waals surface area (Å²) in [7, 11) is -4.94. The van der Waals surface area contributed by atoms with Gasteiger partial charge in [-0.3, -0.25) is 0 Å². The second-order valence-corrected chi connectivity index (χ2v) is 10.0. The molecule has 188 valence electrons. The van der Waals surface area contributed by atoms with E-state index in [0.717, 1.165) is 6.54 Å². The molecule has 2 atom stereocenters. The molecule has 6 rings (SSSR count). The first kappa shape index (κ1) is 25.8. The maximum Gasteiger partial charge on any atom is 0.270 e. The summed E-state index contributed by atoms with van der Waals surface area (Å²) >= 11 is 0. The zero-order valence-corrected chi connectivity index (χ0v) is 21.1. The molecule has 0 saturated carbocycles. The molecular formula is C26H31ClN2O6. The Morgan fingerprint density at radius 2 is 1.43 bits per heavy atom. The van der Waals surface area contributed by atoms with Gasteiger partial charge in [-0.1, -0.05) is 68.4 Å². The fourth-order valence-electron chi connectivity index (χ4n) is 5.90. The summed E-state index contributed by atoms with van der Waals surface area (Å²) in [5.74, 6) is 0.568. The van der Waals surface area contributed by atoms with Gasteiger partial charge >= 0.3 is 0 Å². The van der Waals surface area contributed by atoms with Crippen LogP contribution in [-0.2, 0) is 16.0 Å². The van der Waals surface area contributed by atoms with Crippen LogP contribution in [0.5, 0.6) is 0 Å². The van der Waals surface area contributed by atoms with E-state index in [4.69, 9.17) is 28.1 Å². The molecule has 3 aliphatic rings. The summed E-state index contributed by atoms with van der Waals surface area (Å²) in [6, 6.07) is 19.6. The lowest BCUT2D eigenvalue weighted by Gasteiger charge is -2.58. The predicted octanol–water partition coefficient (Wildman–Crippen LogP) is -0.0883. The van der Waals surface area contributed by atoms with Crippen molar-refractivity contribution in [3.8, 4) is 0 Å². The van der Waals surface area contributed by atoms with Gasteiger partial charge in [-0.15, -0.1) is 10.2 Å². The second kappa shape index (κ2) is 9.63. The fourth-order valence-corrected chi connectivity index (χ4v) is 5.90. The zero-order valence-electron chi connectivity index (χ0n) is 20.3. The van der Waals surface area contributed by atoms with Crippen LogP contribution in [-0.4, -0.2) is 23.6 Å². The molecule has 0 N–H and O–H groups in total. The lowest BCUT2D eigenvalue weighted by Crippen LogP contribution is -2.68. The first-order valence-corrected chi connectivity index (χ1v) is 12.9. The van der Waals surface area contributed by atoms with Crippen LogP contribution in [0.3, 0.4) is 0 Å². The first-order valence-electron chi connectivity index (χ1n) is 11.7. The van der Waals surface area contributed by atoms with Crippen molar-refractivity contribution in [1.29, 1.82) is 0 Å². The quantitative estimate of drug-likeness (QED) is 0.343. The Bertz CT molecular complexity index is 1150. The molecule has 0 spiro atoms. The largest absolute Gasteiger partial charge is 0.348 e. The Morgan fingerprint density at radius 1 is 0.886 bits per heavy atom. The zero-order chi connectivity index (χ0) is 25.4. The van der Waals surface area contributed by atoms with Crippen LogP contribution in [0.15, 0.2) is 67.0 Å². The number of imidazole rings is 1. The van der Waals surface area contributed by atoms with Crippen molar-refractivity contribution >= 4 is 0 Å². The maximum atomic E-state index is 8.49. The number of rotatable bonds is 6. The molecule has 8 nitrogen and oxygen atoms in total. The van der Waals surface area contributed by atoms with Gasteiger partial charge in [-0.05, 0) is 25.0 Å². The van der Waals surface area contributed by atoms with Crippen LogP contribution in [0.2, 0.25) is 0 Å². The Hall–Kier alpha value is -2.30. The van der Waals surface area contributed by atoms with E-state index in [1.165, 1.54) is 22.5 Å². The average Bonchev–Trinajstić information content (AvgIpc) is 3.19. The van der Waals surface area contributed by atoms with Gasteiger partial charge in [0.25, 0.3) is 5.82 Å². The Kier molecular flexibility index (Phi) is 7.09. The SMILES string of the molecule is CCOC1(OCC)C2c3ccccc3C(n3cc[n+](Cc4ccccc4)c32)C1(C)C.[O-][Cl+3]([O-])([O-])[O-]. The van der Waals surface area contributed by atoms with Crippen LogP contribution in [0.4, 0.5) is 0 Å². The highest BCUT2D eigenvalue weighted by molar-refractivity contribution is 5.47. The van der Waals surface area contributed by atoms with Gasteiger partial charge in [0.15, 0.2) is 5.79 Å². The smallest absolute Gasteiger partial charge is 0.270 e. The van der Waals surface area contributed by atoms with Crippen LogP contribution < -0.4 is 23.2 Å². The fraction of sp³-hybridized carbons (Fsp3) is 0.423. The minimum Gasteiger partial charge on any atom is -0.348 e. The molecule has 35 heavy (non-hydrogen) atoms. The summed E-state index contributed by atoms with van der Waals surface area (Å²) in [6.07, 6.45) is 4.47. The molecule has 3 heterocycles. The number of hydrogen-bond donors (Lipinski definition) is 0. The monoisotopic (exact) mass is 502 g/mol. The highest BCUT2D eigenvalue weighted by Gasteiger charge is 2.70. The van der Waals surface area contributed by atoms with Crippen molar-refractivity contribution in [1.82, 2.24) is 4.57 Å². The van der Waals surface area contributed by atoms with Gasteiger partial charge in [0.1, 0.15) is 30.9 Å². The molecule has 1 aromatic heterocycles. The number of hydrogen-bond acceptors (Lipinski definition) is 6. The van der Waals surface area contributed by atoms with Gasteiger partial charge < -0.3 is 9.47 Å². The van der Waals surface area contributed by atoms with Gasteiger partial charge in [0, 0.05) is 18.8 Å². The van der Waals surface area contributed by atoms with Gasteiger partial charge in [0.2, 0.25) is 0 Å². The van der Waals surface area contributed by atoms with E-state index in [2.05, 4.69) is 104 Å². The molecule has 2 unspecified atom stereocenters. The molecule has 1 aliphatic carbocycles. The van der Waals surface area contributed by atoms with E-state index in [9.17, 15) is 0 Å². The van der Waals surface area contributed by atoms with E-state index in [1.54, 1.807) is 0 Å². The number of fused-ring (bicyclic) bond motifs is 1.